The largest absolute Gasteiger partial charge is 0.481 e. The first kappa shape index (κ1) is 22.7. The van der Waals surface area contributed by atoms with Crippen LogP contribution in [0, 0.1) is 5.41 Å². The number of alkyl halides is 2. The molecule has 9 heteroatoms. The van der Waals surface area contributed by atoms with Crippen molar-refractivity contribution in [3.05, 3.63) is 59.7 Å². The molecule has 2 aliphatic carbocycles. The molecule has 1 atom stereocenters. The summed E-state index contributed by atoms with van der Waals surface area (Å²) < 4.78 is 31.5. The maximum Gasteiger partial charge on any atom is 0.407 e. The molecular formula is C24H24F2N2O5. The van der Waals surface area contributed by atoms with Crippen molar-refractivity contribution in [2.45, 2.75) is 37.6 Å². The SMILES string of the molecule is O=C(O)CC(NC(=O)C1(CNC(=O)OCC2c3ccccc3-c3ccccc32)CC1)C(F)F. The lowest BCUT2D eigenvalue weighted by atomic mass is 9.98. The van der Waals surface area contributed by atoms with Gasteiger partial charge in [-0.05, 0) is 35.1 Å². The van der Waals surface area contributed by atoms with Gasteiger partial charge in [-0.15, -0.1) is 0 Å². The number of hydrogen-bond donors (Lipinski definition) is 3. The molecule has 3 N–H and O–H groups in total. The predicted octanol–water partition coefficient (Wildman–Crippen LogP) is 3.53. The van der Waals surface area contributed by atoms with Crippen molar-refractivity contribution < 1.29 is 33.0 Å². The van der Waals surface area contributed by atoms with Gasteiger partial charge in [0.1, 0.15) is 12.6 Å². The molecule has 0 radical (unpaired) electrons. The molecule has 2 amide bonds. The molecule has 1 saturated carbocycles. The summed E-state index contributed by atoms with van der Waals surface area (Å²) in [6.07, 6.45) is -3.76. The molecule has 0 heterocycles. The third-order valence-corrected chi connectivity index (χ3v) is 6.27. The summed E-state index contributed by atoms with van der Waals surface area (Å²) in [6.45, 7) is 0.0453. The van der Waals surface area contributed by atoms with E-state index in [9.17, 15) is 23.2 Å². The molecule has 1 fully saturated rings. The van der Waals surface area contributed by atoms with Gasteiger partial charge in [0.25, 0.3) is 6.43 Å². The molecule has 1 unspecified atom stereocenters. The van der Waals surface area contributed by atoms with Crippen LogP contribution in [-0.2, 0) is 14.3 Å². The number of carboxylic acid groups (broad SMARTS) is 1. The number of amides is 2. The number of carboxylic acids is 1. The minimum Gasteiger partial charge on any atom is -0.481 e. The molecule has 4 rings (SSSR count). The third-order valence-electron chi connectivity index (χ3n) is 6.27. The van der Waals surface area contributed by atoms with Crippen LogP contribution >= 0.6 is 0 Å². The zero-order valence-electron chi connectivity index (χ0n) is 17.7. The average Bonchev–Trinajstić information content (AvgIpc) is 3.52. The van der Waals surface area contributed by atoms with Crippen molar-refractivity contribution in [1.82, 2.24) is 10.6 Å². The average molecular weight is 458 g/mol. The van der Waals surface area contributed by atoms with Crippen LogP contribution in [0.15, 0.2) is 48.5 Å². The van der Waals surface area contributed by atoms with Gasteiger partial charge in [-0.1, -0.05) is 48.5 Å². The minimum atomic E-state index is -3.00. The van der Waals surface area contributed by atoms with Crippen molar-refractivity contribution in [2.24, 2.45) is 5.41 Å². The smallest absolute Gasteiger partial charge is 0.407 e. The number of rotatable bonds is 9. The fraction of sp³-hybridized carbons (Fsp3) is 0.375. The number of hydrogen-bond acceptors (Lipinski definition) is 4. The Bertz CT molecular complexity index is 1020. The lowest BCUT2D eigenvalue weighted by molar-refractivity contribution is -0.139. The standard InChI is InChI=1S/C24H24F2N2O5/c25-21(26)19(11-20(29)30)28-22(31)24(9-10-24)13-27-23(32)33-12-18-16-7-3-1-5-14(16)15-6-2-4-8-17(15)18/h1-8,18-19,21H,9-13H2,(H,27,32)(H,28,31)(H,29,30). The number of alkyl carbamates (subject to hydrolysis) is 1. The number of ether oxygens (including phenoxy) is 1. The number of carbonyl (C=O) groups is 3. The van der Waals surface area contributed by atoms with Gasteiger partial charge in [0, 0.05) is 12.5 Å². The number of halogens is 2. The minimum absolute atomic E-state index is 0.0709. The van der Waals surface area contributed by atoms with Crippen LogP contribution in [-0.4, -0.2) is 48.7 Å². The molecule has 0 bridgehead atoms. The Labute approximate surface area is 189 Å². The van der Waals surface area contributed by atoms with E-state index < -0.39 is 42.3 Å². The summed E-state index contributed by atoms with van der Waals surface area (Å²) in [5.74, 6) is -2.22. The first-order valence-corrected chi connectivity index (χ1v) is 10.7. The predicted molar refractivity (Wildman–Crippen MR) is 115 cm³/mol. The molecule has 0 aromatic heterocycles. The molecule has 7 nitrogen and oxygen atoms in total. The van der Waals surface area contributed by atoms with E-state index in [4.69, 9.17) is 9.84 Å². The highest BCUT2D eigenvalue weighted by atomic mass is 19.3. The van der Waals surface area contributed by atoms with E-state index in [2.05, 4.69) is 10.6 Å². The van der Waals surface area contributed by atoms with E-state index >= 15 is 0 Å². The van der Waals surface area contributed by atoms with Crippen LogP contribution in [0.5, 0.6) is 0 Å². The third kappa shape index (κ3) is 4.81. The second-order valence-electron chi connectivity index (χ2n) is 8.47. The van der Waals surface area contributed by atoms with E-state index in [0.29, 0.717) is 12.8 Å². The molecule has 0 spiro atoms. The van der Waals surface area contributed by atoms with Crippen molar-refractivity contribution in [1.29, 1.82) is 0 Å². The Kier molecular flexibility index (Phi) is 6.31. The lowest BCUT2D eigenvalue weighted by Gasteiger charge is -2.21. The van der Waals surface area contributed by atoms with E-state index in [0.717, 1.165) is 22.3 Å². The topological polar surface area (TPSA) is 105 Å². The first-order chi connectivity index (χ1) is 15.8. The van der Waals surface area contributed by atoms with Crippen LogP contribution in [0.1, 0.15) is 36.3 Å². The number of benzene rings is 2. The Morgan fingerprint density at radius 3 is 2.12 bits per heavy atom. The van der Waals surface area contributed by atoms with Gasteiger partial charge >= 0.3 is 12.1 Å². The van der Waals surface area contributed by atoms with Crippen molar-refractivity contribution in [3.63, 3.8) is 0 Å². The maximum atomic E-state index is 13.0. The summed E-state index contributed by atoms with van der Waals surface area (Å²) in [7, 11) is 0. The molecular weight excluding hydrogens is 434 g/mol. The zero-order chi connectivity index (χ0) is 23.6. The number of nitrogens with one attached hydrogen (secondary N) is 2. The van der Waals surface area contributed by atoms with E-state index in [1.54, 1.807) is 0 Å². The van der Waals surface area contributed by atoms with Gasteiger partial charge in [0.2, 0.25) is 5.91 Å². The van der Waals surface area contributed by atoms with Crippen molar-refractivity contribution >= 4 is 18.0 Å². The summed E-state index contributed by atoms with van der Waals surface area (Å²) in [5.41, 5.74) is 3.33. The van der Waals surface area contributed by atoms with Crippen molar-refractivity contribution in [3.8, 4) is 11.1 Å². The lowest BCUT2D eigenvalue weighted by Crippen LogP contribution is -2.47. The Morgan fingerprint density at radius 1 is 1.03 bits per heavy atom. The molecule has 2 aliphatic rings. The van der Waals surface area contributed by atoms with Gasteiger partial charge in [0.05, 0.1) is 11.8 Å². The van der Waals surface area contributed by atoms with Gasteiger partial charge in [-0.2, -0.15) is 0 Å². The zero-order valence-corrected chi connectivity index (χ0v) is 17.7. The normalized spacial score (nSPS) is 16.5. The van der Waals surface area contributed by atoms with Gasteiger partial charge in [-0.3, -0.25) is 9.59 Å². The highest BCUT2D eigenvalue weighted by Gasteiger charge is 2.51. The molecule has 0 aliphatic heterocycles. The van der Waals surface area contributed by atoms with Gasteiger partial charge in [-0.25, -0.2) is 13.6 Å². The highest BCUT2D eigenvalue weighted by Crippen LogP contribution is 2.46. The molecule has 0 saturated heterocycles. The summed E-state index contributed by atoms with van der Waals surface area (Å²) in [5, 5.41) is 13.4. The van der Waals surface area contributed by atoms with E-state index in [1.165, 1.54) is 0 Å². The fourth-order valence-corrected chi connectivity index (χ4v) is 4.24. The highest BCUT2D eigenvalue weighted by molar-refractivity contribution is 5.87. The van der Waals surface area contributed by atoms with Crippen LogP contribution in [0.25, 0.3) is 11.1 Å². The Hall–Kier alpha value is -3.49. The quantitative estimate of drug-likeness (QED) is 0.533. The monoisotopic (exact) mass is 458 g/mol. The molecule has 2 aromatic carbocycles. The second kappa shape index (κ2) is 9.17. The van der Waals surface area contributed by atoms with Crippen LogP contribution in [0.3, 0.4) is 0 Å². The van der Waals surface area contributed by atoms with Gasteiger partial charge in [0.15, 0.2) is 0 Å². The Balaban J connectivity index is 1.32. The van der Waals surface area contributed by atoms with Crippen LogP contribution in [0.4, 0.5) is 13.6 Å². The first-order valence-electron chi connectivity index (χ1n) is 10.7. The maximum absolute atomic E-state index is 13.0. The van der Waals surface area contributed by atoms with Gasteiger partial charge < -0.3 is 20.5 Å². The molecule has 2 aromatic rings. The summed E-state index contributed by atoms with van der Waals surface area (Å²) >= 11 is 0. The van der Waals surface area contributed by atoms with E-state index in [-0.39, 0.29) is 19.1 Å². The van der Waals surface area contributed by atoms with E-state index in [1.807, 2.05) is 48.5 Å². The summed E-state index contributed by atoms with van der Waals surface area (Å²) in [6, 6.07) is 14.1. The molecule has 33 heavy (non-hydrogen) atoms. The second-order valence-corrected chi connectivity index (χ2v) is 8.47. The van der Waals surface area contributed by atoms with Crippen LogP contribution < -0.4 is 10.6 Å². The number of carbonyl (C=O) groups excluding carboxylic acids is 2. The Morgan fingerprint density at radius 2 is 1.61 bits per heavy atom. The number of aliphatic carboxylic acids is 1. The summed E-state index contributed by atoms with van der Waals surface area (Å²) in [4.78, 5) is 35.5. The van der Waals surface area contributed by atoms with Crippen LogP contribution in [0.2, 0.25) is 0 Å². The van der Waals surface area contributed by atoms with Crippen molar-refractivity contribution in [2.75, 3.05) is 13.2 Å². The number of fused-ring (bicyclic) bond motifs is 3. The fourth-order valence-electron chi connectivity index (χ4n) is 4.24. The molecule has 174 valence electrons.